The number of rotatable bonds is 4. The van der Waals surface area contributed by atoms with Crippen molar-refractivity contribution < 1.29 is 18.8 Å². The van der Waals surface area contributed by atoms with Gasteiger partial charge in [-0.05, 0) is 31.4 Å². The molecule has 0 saturated carbocycles. The quantitative estimate of drug-likeness (QED) is 0.382. The number of hydrogen-bond donors (Lipinski definition) is 2. The second-order valence-electron chi connectivity index (χ2n) is 10.8. The van der Waals surface area contributed by atoms with Crippen molar-refractivity contribution in [2.24, 2.45) is 5.92 Å². The molecule has 12 nitrogen and oxygen atoms in total. The molecule has 3 amide bonds. The first-order valence-corrected chi connectivity index (χ1v) is 14.2. The third-order valence-corrected chi connectivity index (χ3v) is 7.38. The molecule has 42 heavy (non-hydrogen) atoms. The molecule has 0 bridgehead atoms. The van der Waals surface area contributed by atoms with E-state index in [0.717, 1.165) is 5.56 Å². The molecule has 0 radical (unpaired) electrons. The Hall–Kier alpha value is -4.74. The number of benzene rings is 2. The van der Waals surface area contributed by atoms with E-state index in [0.29, 0.717) is 35.7 Å². The van der Waals surface area contributed by atoms with Crippen LogP contribution in [0.15, 0.2) is 63.8 Å². The second kappa shape index (κ2) is 12.4. The molecule has 0 aliphatic carbocycles. The van der Waals surface area contributed by atoms with E-state index in [1.165, 1.54) is 4.57 Å². The molecule has 0 fully saturated rings. The van der Waals surface area contributed by atoms with Gasteiger partial charge in [0.1, 0.15) is 12.6 Å². The van der Waals surface area contributed by atoms with E-state index in [-0.39, 0.29) is 49.7 Å². The van der Waals surface area contributed by atoms with Gasteiger partial charge in [0.15, 0.2) is 17.2 Å². The first-order chi connectivity index (χ1) is 20.2. The van der Waals surface area contributed by atoms with Gasteiger partial charge in [-0.3, -0.25) is 19.0 Å². The highest BCUT2D eigenvalue weighted by Crippen LogP contribution is 2.24. The van der Waals surface area contributed by atoms with E-state index in [4.69, 9.17) is 14.5 Å². The molecule has 3 heterocycles. The Labute approximate surface area is 242 Å². The van der Waals surface area contributed by atoms with Gasteiger partial charge in [0.2, 0.25) is 17.7 Å². The predicted molar refractivity (Wildman–Crippen MR) is 155 cm³/mol. The van der Waals surface area contributed by atoms with Crippen LogP contribution in [-0.2, 0) is 27.5 Å². The number of aromatic nitrogens is 4. The lowest BCUT2D eigenvalue weighted by Gasteiger charge is -2.27. The van der Waals surface area contributed by atoms with Crippen molar-refractivity contribution in [1.29, 1.82) is 0 Å². The minimum atomic E-state index is -0.759. The second-order valence-corrected chi connectivity index (χ2v) is 10.8. The smallest absolute Gasteiger partial charge is 0.408 e. The summed E-state index contributed by atoms with van der Waals surface area (Å²) in [4.78, 5) is 58.3. The van der Waals surface area contributed by atoms with Crippen molar-refractivity contribution in [3.05, 3.63) is 71.0 Å². The minimum absolute atomic E-state index is 0.0460. The number of carbonyl (C=O) groups excluding carboxylic acids is 3. The van der Waals surface area contributed by atoms with Crippen molar-refractivity contribution in [3.63, 3.8) is 0 Å². The van der Waals surface area contributed by atoms with Gasteiger partial charge in [0.25, 0.3) is 0 Å². The highest BCUT2D eigenvalue weighted by atomic mass is 16.4. The topological polar surface area (TPSA) is 144 Å². The van der Waals surface area contributed by atoms with Gasteiger partial charge < -0.3 is 20.0 Å². The maximum atomic E-state index is 13.6. The standard InChI is InChI=1S/C30H35N7O5/c1-19(2)26-28-33-27(21-10-5-4-6-11-21)34-37(28)17-16-35(15-9-14-24(38)31-20(3)29(40)32-26)25(39)18-36-22-12-7-8-13-23(22)42-30(36)41/h4-8,10-13,19-20,26H,9,14-18H2,1-3H3,(H,31,38)(H,32,40)/t20-,26+/m1/s1. The molecule has 0 unspecified atom stereocenters. The van der Waals surface area contributed by atoms with Crippen LogP contribution >= 0.6 is 0 Å². The molecule has 5 rings (SSSR count). The van der Waals surface area contributed by atoms with Crippen LogP contribution in [0.2, 0.25) is 0 Å². The summed E-state index contributed by atoms with van der Waals surface area (Å²) in [5.41, 5.74) is 1.77. The zero-order valence-corrected chi connectivity index (χ0v) is 23.9. The normalized spacial score (nSPS) is 18.8. The molecular formula is C30H35N7O5. The number of carbonyl (C=O) groups is 3. The zero-order valence-electron chi connectivity index (χ0n) is 23.9. The number of fused-ring (bicyclic) bond motifs is 2. The van der Waals surface area contributed by atoms with Crippen LogP contribution in [-0.4, -0.2) is 61.1 Å². The molecule has 2 atom stereocenters. The molecule has 2 N–H and O–H groups in total. The molecule has 2 aromatic heterocycles. The van der Waals surface area contributed by atoms with Gasteiger partial charge in [0.05, 0.1) is 18.1 Å². The largest absolute Gasteiger partial charge is 0.420 e. The Morgan fingerprint density at radius 2 is 1.74 bits per heavy atom. The molecule has 2 aromatic carbocycles. The van der Waals surface area contributed by atoms with Crippen molar-refractivity contribution in [2.45, 2.75) is 58.8 Å². The van der Waals surface area contributed by atoms with Gasteiger partial charge in [-0.15, -0.1) is 0 Å². The third kappa shape index (κ3) is 6.27. The van der Waals surface area contributed by atoms with Crippen LogP contribution < -0.4 is 16.4 Å². The number of nitrogens with zero attached hydrogens (tertiary/aromatic N) is 5. The van der Waals surface area contributed by atoms with E-state index in [1.807, 2.05) is 44.2 Å². The minimum Gasteiger partial charge on any atom is -0.408 e. The highest BCUT2D eigenvalue weighted by Gasteiger charge is 2.29. The van der Waals surface area contributed by atoms with E-state index in [2.05, 4.69) is 10.6 Å². The number of para-hydroxylation sites is 2. The maximum absolute atomic E-state index is 13.6. The molecule has 1 aliphatic rings. The number of hydrogen-bond acceptors (Lipinski definition) is 7. The Morgan fingerprint density at radius 3 is 2.50 bits per heavy atom. The Balaban J connectivity index is 1.49. The van der Waals surface area contributed by atoms with Crippen LogP contribution in [0, 0.1) is 5.92 Å². The summed E-state index contributed by atoms with van der Waals surface area (Å²) in [6.07, 6.45) is 0.511. The van der Waals surface area contributed by atoms with Gasteiger partial charge >= 0.3 is 5.76 Å². The number of oxazole rings is 1. The lowest BCUT2D eigenvalue weighted by Crippen LogP contribution is -2.47. The summed E-state index contributed by atoms with van der Waals surface area (Å²) in [7, 11) is 0. The van der Waals surface area contributed by atoms with Gasteiger partial charge in [0, 0.05) is 25.1 Å². The van der Waals surface area contributed by atoms with Gasteiger partial charge in [-0.1, -0.05) is 56.3 Å². The van der Waals surface area contributed by atoms with Crippen LogP contribution in [0.1, 0.15) is 45.5 Å². The summed E-state index contributed by atoms with van der Waals surface area (Å²) >= 11 is 0. The summed E-state index contributed by atoms with van der Waals surface area (Å²) in [6, 6.07) is 15.2. The fourth-order valence-corrected chi connectivity index (χ4v) is 5.05. The van der Waals surface area contributed by atoms with E-state index < -0.39 is 17.8 Å². The zero-order chi connectivity index (χ0) is 29.8. The van der Waals surface area contributed by atoms with E-state index >= 15 is 0 Å². The Bertz CT molecular complexity index is 1640. The molecule has 1 aliphatic heterocycles. The molecule has 0 spiro atoms. The summed E-state index contributed by atoms with van der Waals surface area (Å²) in [5.74, 6) is -0.484. The van der Waals surface area contributed by atoms with Crippen molar-refractivity contribution >= 4 is 28.8 Å². The van der Waals surface area contributed by atoms with E-state index in [1.54, 1.807) is 40.8 Å². The van der Waals surface area contributed by atoms with Crippen LogP contribution in [0.25, 0.3) is 22.5 Å². The summed E-state index contributed by atoms with van der Waals surface area (Å²) < 4.78 is 8.36. The molecule has 12 heteroatoms. The van der Waals surface area contributed by atoms with Crippen LogP contribution in [0.4, 0.5) is 0 Å². The van der Waals surface area contributed by atoms with Crippen molar-refractivity contribution in [3.8, 4) is 11.4 Å². The fraction of sp³-hybridized carbons (Fsp3) is 0.400. The average molecular weight is 574 g/mol. The first kappa shape index (κ1) is 28.8. The Morgan fingerprint density at radius 1 is 1.00 bits per heavy atom. The summed E-state index contributed by atoms with van der Waals surface area (Å²) in [6.45, 7) is 6.21. The SMILES string of the molecule is CC(C)[C@@H]1NC(=O)[C@@H](C)NC(=O)CCCN(C(=O)Cn2c(=O)oc3ccccc32)CCn2nc(-c3ccccc3)nc21. The summed E-state index contributed by atoms with van der Waals surface area (Å²) in [5, 5.41) is 10.6. The maximum Gasteiger partial charge on any atom is 0.420 e. The third-order valence-electron chi connectivity index (χ3n) is 7.38. The highest BCUT2D eigenvalue weighted by molar-refractivity contribution is 5.87. The number of nitrogens with one attached hydrogen (secondary N) is 2. The molecular weight excluding hydrogens is 538 g/mol. The molecule has 220 valence electrons. The van der Waals surface area contributed by atoms with Gasteiger partial charge in [-0.2, -0.15) is 5.10 Å². The first-order valence-electron chi connectivity index (χ1n) is 14.2. The van der Waals surface area contributed by atoms with Crippen LogP contribution in [0.5, 0.6) is 0 Å². The lowest BCUT2D eigenvalue weighted by atomic mass is 10.0. The lowest BCUT2D eigenvalue weighted by molar-refractivity contribution is -0.133. The average Bonchev–Trinajstić information content (AvgIpc) is 3.53. The Kier molecular flexibility index (Phi) is 8.51. The molecule has 4 aromatic rings. The van der Waals surface area contributed by atoms with Crippen molar-refractivity contribution in [1.82, 2.24) is 34.9 Å². The predicted octanol–water partition coefficient (Wildman–Crippen LogP) is 2.49. The monoisotopic (exact) mass is 573 g/mol. The van der Waals surface area contributed by atoms with Gasteiger partial charge in [-0.25, -0.2) is 14.5 Å². The fourth-order valence-electron chi connectivity index (χ4n) is 5.05. The molecule has 0 saturated heterocycles. The van der Waals surface area contributed by atoms with Crippen LogP contribution in [0.3, 0.4) is 0 Å². The number of amides is 3. The van der Waals surface area contributed by atoms with E-state index in [9.17, 15) is 19.2 Å². The van der Waals surface area contributed by atoms with Crippen molar-refractivity contribution in [2.75, 3.05) is 13.1 Å².